The van der Waals surface area contributed by atoms with Crippen molar-refractivity contribution < 1.29 is 9.53 Å². The van der Waals surface area contributed by atoms with Crippen LogP contribution in [0.25, 0.3) is 6.08 Å². The van der Waals surface area contributed by atoms with E-state index in [2.05, 4.69) is 34.5 Å². The van der Waals surface area contributed by atoms with Crippen molar-refractivity contribution in [1.29, 1.82) is 0 Å². The number of Topliss-reactive ketones (excluding diaryl/α,β-unsaturated/α-hetero) is 1. The molecule has 0 unspecified atom stereocenters. The maximum absolute atomic E-state index is 11.5. The number of anilines is 2. The maximum Gasteiger partial charge on any atom is 0.159 e. The molecule has 1 saturated heterocycles. The SMILES string of the molecule is C1COCCN1.CC(=O)c1ccc2c(c1)N(c1ccccc1)CC=C2. The van der Waals surface area contributed by atoms with Gasteiger partial charge in [-0.2, -0.15) is 0 Å². The van der Waals surface area contributed by atoms with Crippen molar-refractivity contribution in [3.63, 3.8) is 0 Å². The van der Waals surface area contributed by atoms with E-state index in [1.165, 1.54) is 0 Å². The van der Waals surface area contributed by atoms with Crippen molar-refractivity contribution in [3.8, 4) is 0 Å². The highest BCUT2D eigenvalue weighted by Crippen LogP contribution is 2.33. The molecule has 4 rings (SSSR count). The Morgan fingerprint density at radius 3 is 2.44 bits per heavy atom. The van der Waals surface area contributed by atoms with E-state index >= 15 is 0 Å². The largest absolute Gasteiger partial charge is 0.379 e. The molecule has 0 atom stereocenters. The first kappa shape index (κ1) is 17.4. The lowest BCUT2D eigenvalue weighted by molar-refractivity contribution is 0.101. The number of morpholine rings is 1. The molecule has 0 amide bonds. The second-order valence-electron chi connectivity index (χ2n) is 6.04. The smallest absolute Gasteiger partial charge is 0.159 e. The third kappa shape index (κ3) is 4.56. The highest BCUT2D eigenvalue weighted by molar-refractivity contribution is 5.96. The number of nitrogens with one attached hydrogen (secondary N) is 1. The fourth-order valence-corrected chi connectivity index (χ4v) is 2.89. The molecule has 4 heteroatoms. The van der Waals surface area contributed by atoms with E-state index in [9.17, 15) is 4.79 Å². The highest BCUT2D eigenvalue weighted by atomic mass is 16.5. The van der Waals surface area contributed by atoms with Gasteiger partial charge in [0.2, 0.25) is 0 Å². The average Bonchev–Trinajstić information content (AvgIpc) is 2.69. The normalized spacial score (nSPS) is 15.8. The van der Waals surface area contributed by atoms with Crippen LogP contribution in [0.15, 0.2) is 54.6 Å². The van der Waals surface area contributed by atoms with Gasteiger partial charge in [0.15, 0.2) is 5.78 Å². The van der Waals surface area contributed by atoms with Crippen LogP contribution in [0.2, 0.25) is 0 Å². The van der Waals surface area contributed by atoms with E-state index in [1.807, 2.05) is 36.4 Å². The van der Waals surface area contributed by atoms with Gasteiger partial charge in [0.05, 0.1) is 13.2 Å². The molecule has 1 N–H and O–H groups in total. The number of carbonyl (C=O) groups is 1. The van der Waals surface area contributed by atoms with Crippen LogP contribution >= 0.6 is 0 Å². The Morgan fingerprint density at radius 2 is 1.84 bits per heavy atom. The maximum atomic E-state index is 11.5. The van der Waals surface area contributed by atoms with Crippen LogP contribution in [0.4, 0.5) is 11.4 Å². The van der Waals surface area contributed by atoms with Gasteiger partial charge < -0.3 is 15.0 Å². The van der Waals surface area contributed by atoms with E-state index in [-0.39, 0.29) is 5.78 Å². The van der Waals surface area contributed by atoms with Gasteiger partial charge in [0.1, 0.15) is 0 Å². The van der Waals surface area contributed by atoms with Crippen LogP contribution in [-0.4, -0.2) is 38.6 Å². The molecule has 2 aromatic rings. The number of nitrogens with zero attached hydrogens (tertiary/aromatic N) is 1. The highest BCUT2D eigenvalue weighted by Gasteiger charge is 2.16. The predicted octanol–water partition coefficient (Wildman–Crippen LogP) is 3.66. The van der Waals surface area contributed by atoms with Crippen LogP contribution in [0.5, 0.6) is 0 Å². The molecular formula is C21H24N2O2. The number of para-hydroxylation sites is 1. The molecule has 2 aliphatic rings. The van der Waals surface area contributed by atoms with Crippen molar-refractivity contribution in [2.75, 3.05) is 37.7 Å². The van der Waals surface area contributed by atoms with E-state index in [4.69, 9.17) is 4.74 Å². The fraction of sp³-hybridized carbons (Fsp3) is 0.286. The van der Waals surface area contributed by atoms with Crippen molar-refractivity contribution in [3.05, 3.63) is 65.7 Å². The van der Waals surface area contributed by atoms with Gasteiger partial charge in [0, 0.05) is 36.6 Å². The van der Waals surface area contributed by atoms with Crippen molar-refractivity contribution in [2.24, 2.45) is 0 Å². The Hall–Kier alpha value is -2.43. The summed E-state index contributed by atoms with van der Waals surface area (Å²) in [7, 11) is 0. The minimum Gasteiger partial charge on any atom is -0.379 e. The standard InChI is InChI=1S/C17H15NO.C4H9NO/c1-13(19)15-10-9-14-6-5-11-18(17(14)12-15)16-7-3-2-4-8-16;1-3-6-4-2-5-1/h2-10,12H,11H2,1H3;5H,1-4H2. The van der Waals surface area contributed by atoms with Crippen molar-refractivity contribution in [2.45, 2.75) is 6.92 Å². The first-order valence-electron chi connectivity index (χ1n) is 8.68. The Balaban J connectivity index is 0.000000258. The zero-order valence-electron chi connectivity index (χ0n) is 14.6. The van der Waals surface area contributed by atoms with Gasteiger partial charge in [-0.15, -0.1) is 0 Å². The Labute approximate surface area is 149 Å². The number of ketones is 1. The third-order valence-corrected chi connectivity index (χ3v) is 4.23. The number of carbonyl (C=O) groups excluding carboxylic acids is 1. The quantitative estimate of drug-likeness (QED) is 0.850. The summed E-state index contributed by atoms with van der Waals surface area (Å²) in [6, 6.07) is 16.1. The average molecular weight is 336 g/mol. The van der Waals surface area contributed by atoms with Gasteiger partial charge >= 0.3 is 0 Å². The van der Waals surface area contributed by atoms with E-state index < -0.39 is 0 Å². The lowest BCUT2D eigenvalue weighted by Gasteiger charge is -2.28. The van der Waals surface area contributed by atoms with Gasteiger partial charge in [-0.05, 0) is 30.7 Å². The molecule has 2 aliphatic heterocycles. The molecule has 130 valence electrons. The number of ether oxygens (including phenoxy) is 1. The zero-order valence-corrected chi connectivity index (χ0v) is 14.6. The molecule has 25 heavy (non-hydrogen) atoms. The van der Waals surface area contributed by atoms with Crippen LogP contribution < -0.4 is 10.2 Å². The number of hydrogen-bond acceptors (Lipinski definition) is 4. The molecule has 0 radical (unpaired) electrons. The van der Waals surface area contributed by atoms with Crippen molar-refractivity contribution in [1.82, 2.24) is 5.32 Å². The number of fused-ring (bicyclic) bond motifs is 1. The summed E-state index contributed by atoms with van der Waals surface area (Å²) in [5.41, 5.74) is 4.16. The summed E-state index contributed by atoms with van der Waals surface area (Å²) >= 11 is 0. The van der Waals surface area contributed by atoms with Crippen LogP contribution in [0.1, 0.15) is 22.8 Å². The fourth-order valence-electron chi connectivity index (χ4n) is 2.89. The van der Waals surface area contributed by atoms with E-state index in [1.54, 1.807) is 6.92 Å². The zero-order chi connectivity index (χ0) is 17.5. The third-order valence-electron chi connectivity index (χ3n) is 4.23. The number of rotatable bonds is 2. The molecule has 2 aromatic carbocycles. The van der Waals surface area contributed by atoms with Crippen LogP contribution in [-0.2, 0) is 4.74 Å². The second kappa shape index (κ2) is 8.60. The Kier molecular flexibility index (Phi) is 5.99. The topological polar surface area (TPSA) is 41.6 Å². The number of benzene rings is 2. The Morgan fingerprint density at radius 1 is 1.08 bits per heavy atom. The van der Waals surface area contributed by atoms with E-state index in [0.717, 1.165) is 55.3 Å². The molecule has 4 nitrogen and oxygen atoms in total. The summed E-state index contributed by atoms with van der Waals surface area (Å²) in [6.45, 7) is 6.27. The first-order valence-corrected chi connectivity index (χ1v) is 8.68. The molecule has 2 heterocycles. The number of hydrogen-bond donors (Lipinski definition) is 1. The summed E-state index contributed by atoms with van der Waals surface area (Å²) in [6.07, 6.45) is 4.25. The molecular weight excluding hydrogens is 312 g/mol. The van der Waals surface area contributed by atoms with Gasteiger partial charge in [0.25, 0.3) is 0 Å². The summed E-state index contributed by atoms with van der Waals surface area (Å²) < 4.78 is 5.01. The van der Waals surface area contributed by atoms with Crippen molar-refractivity contribution >= 4 is 23.2 Å². The summed E-state index contributed by atoms with van der Waals surface area (Å²) in [5, 5.41) is 3.16. The molecule has 0 aliphatic carbocycles. The lowest BCUT2D eigenvalue weighted by atomic mass is 10.0. The van der Waals surface area contributed by atoms with Crippen LogP contribution in [0.3, 0.4) is 0 Å². The van der Waals surface area contributed by atoms with E-state index in [0.29, 0.717) is 0 Å². The lowest BCUT2D eigenvalue weighted by Crippen LogP contribution is -2.30. The first-order chi connectivity index (χ1) is 12.3. The molecule has 1 fully saturated rings. The van der Waals surface area contributed by atoms with Crippen LogP contribution in [0, 0.1) is 0 Å². The van der Waals surface area contributed by atoms with Gasteiger partial charge in [-0.1, -0.05) is 42.5 Å². The van der Waals surface area contributed by atoms with Gasteiger partial charge in [-0.25, -0.2) is 0 Å². The molecule has 0 bridgehead atoms. The predicted molar refractivity (Wildman–Crippen MR) is 103 cm³/mol. The second-order valence-corrected chi connectivity index (χ2v) is 6.04. The molecule has 0 aromatic heterocycles. The molecule has 0 spiro atoms. The summed E-state index contributed by atoms with van der Waals surface area (Å²) in [4.78, 5) is 13.8. The molecule has 0 saturated carbocycles. The minimum absolute atomic E-state index is 0.102. The van der Waals surface area contributed by atoms with Gasteiger partial charge in [-0.3, -0.25) is 4.79 Å². The monoisotopic (exact) mass is 336 g/mol. The minimum atomic E-state index is 0.102. The summed E-state index contributed by atoms with van der Waals surface area (Å²) in [5.74, 6) is 0.102. The Bertz CT molecular complexity index is 725.